The lowest BCUT2D eigenvalue weighted by atomic mass is 10.1. The molecule has 6 heteroatoms. The zero-order chi connectivity index (χ0) is 19.4. The summed E-state index contributed by atoms with van der Waals surface area (Å²) in [4.78, 5) is 27.9. The Bertz CT molecular complexity index is 1000. The number of amides is 1. The van der Waals surface area contributed by atoms with Crippen LogP contribution in [0.3, 0.4) is 0 Å². The SMILES string of the molecule is CC(=O)c1ccc(Nc2cncc(C(=O)Nc3ccc(C)c(Cl)c3)c2)cc1. The zero-order valence-corrected chi connectivity index (χ0v) is 15.7. The number of ketones is 1. The van der Waals surface area contributed by atoms with Crippen LogP contribution in [0.4, 0.5) is 17.1 Å². The van der Waals surface area contributed by atoms with Gasteiger partial charge in [-0.05, 0) is 61.9 Å². The van der Waals surface area contributed by atoms with E-state index < -0.39 is 0 Å². The molecule has 0 spiro atoms. The molecule has 0 radical (unpaired) electrons. The van der Waals surface area contributed by atoms with E-state index in [-0.39, 0.29) is 11.7 Å². The van der Waals surface area contributed by atoms with E-state index in [0.717, 1.165) is 11.3 Å². The molecule has 0 atom stereocenters. The topological polar surface area (TPSA) is 71.1 Å². The number of nitrogens with zero attached hydrogens (tertiary/aromatic N) is 1. The van der Waals surface area contributed by atoms with Gasteiger partial charge in [0, 0.05) is 28.2 Å². The quantitative estimate of drug-likeness (QED) is 0.594. The zero-order valence-electron chi connectivity index (χ0n) is 14.9. The molecule has 1 heterocycles. The summed E-state index contributed by atoms with van der Waals surface area (Å²) in [6, 6.07) is 14.2. The predicted octanol–water partition coefficient (Wildman–Crippen LogP) is 5.24. The van der Waals surface area contributed by atoms with Gasteiger partial charge in [0.05, 0.1) is 17.4 Å². The van der Waals surface area contributed by atoms with Gasteiger partial charge in [-0.1, -0.05) is 17.7 Å². The van der Waals surface area contributed by atoms with Gasteiger partial charge in [-0.2, -0.15) is 0 Å². The van der Waals surface area contributed by atoms with E-state index in [2.05, 4.69) is 15.6 Å². The van der Waals surface area contributed by atoms with Crippen molar-refractivity contribution in [3.05, 3.63) is 82.6 Å². The second-order valence-electron chi connectivity index (χ2n) is 6.14. The van der Waals surface area contributed by atoms with E-state index >= 15 is 0 Å². The summed E-state index contributed by atoms with van der Waals surface area (Å²) in [7, 11) is 0. The highest BCUT2D eigenvalue weighted by molar-refractivity contribution is 6.31. The summed E-state index contributed by atoms with van der Waals surface area (Å²) >= 11 is 6.09. The largest absolute Gasteiger partial charge is 0.354 e. The maximum atomic E-state index is 12.5. The number of pyridine rings is 1. The molecule has 1 aromatic heterocycles. The van der Waals surface area contributed by atoms with Crippen LogP contribution in [-0.4, -0.2) is 16.7 Å². The van der Waals surface area contributed by atoms with E-state index in [1.54, 1.807) is 48.7 Å². The Morgan fingerprint density at radius 3 is 2.26 bits per heavy atom. The van der Waals surface area contributed by atoms with E-state index in [4.69, 9.17) is 11.6 Å². The molecular formula is C21H18ClN3O2. The van der Waals surface area contributed by atoms with Crippen molar-refractivity contribution < 1.29 is 9.59 Å². The third kappa shape index (κ3) is 4.71. The first-order valence-corrected chi connectivity index (χ1v) is 8.71. The molecule has 5 nitrogen and oxygen atoms in total. The minimum atomic E-state index is -0.280. The van der Waals surface area contributed by atoms with Crippen LogP contribution in [0.25, 0.3) is 0 Å². The number of hydrogen-bond donors (Lipinski definition) is 2. The van der Waals surface area contributed by atoms with Crippen molar-refractivity contribution in [1.29, 1.82) is 0 Å². The molecule has 0 aliphatic heterocycles. The van der Waals surface area contributed by atoms with Crippen molar-refractivity contribution in [3.63, 3.8) is 0 Å². The molecule has 27 heavy (non-hydrogen) atoms. The summed E-state index contributed by atoms with van der Waals surface area (Å²) < 4.78 is 0. The Balaban J connectivity index is 1.73. The van der Waals surface area contributed by atoms with Gasteiger partial charge in [-0.25, -0.2) is 0 Å². The number of benzene rings is 2. The molecule has 2 N–H and O–H groups in total. The Hall–Kier alpha value is -3.18. The first-order valence-electron chi connectivity index (χ1n) is 8.33. The molecule has 0 aliphatic rings. The van der Waals surface area contributed by atoms with Gasteiger partial charge in [-0.3, -0.25) is 14.6 Å². The first-order chi connectivity index (χ1) is 12.9. The minimum absolute atomic E-state index is 0.0121. The monoisotopic (exact) mass is 379 g/mol. The van der Waals surface area contributed by atoms with Gasteiger partial charge < -0.3 is 10.6 Å². The Morgan fingerprint density at radius 1 is 0.889 bits per heavy atom. The van der Waals surface area contributed by atoms with Crippen molar-refractivity contribution in [2.45, 2.75) is 13.8 Å². The molecule has 3 rings (SSSR count). The number of Topliss-reactive ketones (excluding diaryl/α,β-unsaturated/α-hetero) is 1. The molecule has 0 saturated carbocycles. The number of hydrogen-bond acceptors (Lipinski definition) is 4. The highest BCUT2D eigenvalue weighted by Crippen LogP contribution is 2.21. The van der Waals surface area contributed by atoms with E-state index in [1.807, 2.05) is 13.0 Å². The standard InChI is InChI=1S/C21H18ClN3O2/c1-13-3-6-18(10-20(13)22)25-21(27)16-9-19(12-23-11-16)24-17-7-4-15(5-8-17)14(2)26/h3-12,24H,1-2H3,(H,25,27). The number of aromatic nitrogens is 1. The average Bonchev–Trinajstić information content (AvgIpc) is 2.65. The number of halogens is 1. The van der Waals surface area contributed by atoms with Crippen LogP contribution in [-0.2, 0) is 0 Å². The number of carbonyl (C=O) groups excluding carboxylic acids is 2. The van der Waals surface area contributed by atoms with E-state index in [0.29, 0.717) is 27.5 Å². The normalized spacial score (nSPS) is 10.3. The number of anilines is 3. The fraction of sp³-hybridized carbons (Fsp3) is 0.0952. The summed E-state index contributed by atoms with van der Waals surface area (Å²) in [5, 5.41) is 6.57. The van der Waals surface area contributed by atoms with Crippen LogP contribution in [0.1, 0.15) is 33.2 Å². The van der Waals surface area contributed by atoms with Crippen molar-refractivity contribution >= 4 is 40.4 Å². The average molecular weight is 380 g/mol. The third-order valence-electron chi connectivity index (χ3n) is 4.01. The highest BCUT2D eigenvalue weighted by atomic mass is 35.5. The molecule has 0 aliphatic carbocycles. The van der Waals surface area contributed by atoms with E-state index in [9.17, 15) is 9.59 Å². The molecule has 0 saturated heterocycles. The van der Waals surface area contributed by atoms with Crippen LogP contribution in [0.15, 0.2) is 60.9 Å². The highest BCUT2D eigenvalue weighted by Gasteiger charge is 2.09. The maximum Gasteiger partial charge on any atom is 0.257 e. The first kappa shape index (κ1) is 18.6. The number of aryl methyl sites for hydroxylation is 1. The van der Waals surface area contributed by atoms with Gasteiger partial charge in [0.1, 0.15) is 0 Å². The molecule has 1 amide bonds. The van der Waals surface area contributed by atoms with Crippen LogP contribution in [0.2, 0.25) is 5.02 Å². The molecule has 2 aromatic carbocycles. The molecule has 3 aromatic rings. The summed E-state index contributed by atoms with van der Waals surface area (Å²) in [6.07, 6.45) is 3.12. The van der Waals surface area contributed by atoms with Crippen molar-refractivity contribution in [3.8, 4) is 0 Å². The van der Waals surface area contributed by atoms with E-state index in [1.165, 1.54) is 13.1 Å². The van der Waals surface area contributed by atoms with Crippen molar-refractivity contribution in [1.82, 2.24) is 4.98 Å². The number of rotatable bonds is 5. The Kier molecular flexibility index (Phi) is 5.52. The Morgan fingerprint density at radius 2 is 1.59 bits per heavy atom. The molecule has 0 unspecified atom stereocenters. The van der Waals surface area contributed by atoms with Crippen LogP contribution < -0.4 is 10.6 Å². The van der Waals surface area contributed by atoms with Crippen molar-refractivity contribution in [2.75, 3.05) is 10.6 Å². The van der Waals surface area contributed by atoms with Crippen LogP contribution in [0.5, 0.6) is 0 Å². The molecule has 0 fully saturated rings. The lowest BCUT2D eigenvalue weighted by molar-refractivity contribution is 0.101. The van der Waals surface area contributed by atoms with Gasteiger partial charge in [0.25, 0.3) is 5.91 Å². The van der Waals surface area contributed by atoms with Gasteiger partial charge >= 0.3 is 0 Å². The molecule has 0 bridgehead atoms. The minimum Gasteiger partial charge on any atom is -0.354 e. The number of carbonyl (C=O) groups is 2. The predicted molar refractivity (Wildman–Crippen MR) is 108 cm³/mol. The second-order valence-corrected chi connectivity index (χ2v) is 6.55. The summed E-state index contributed by atoms with van der Waals surface area (Å²) in [6.45, 7) is 3.42. The van der Waals surface area contributed by atoms with Gasteiger partial charge in [0.2, 0.25) is 0 Å². The summed E-state index contributed by atoms with van der Waals surface area (Å²) in [5.41, 5.74) is 4.08. The molecular weight excluding hydrogens is 362 g/mol. The second kappa shape index (κ2) is 8.01. The molecule has 136 valence electrons. The maximum absolute atomic E-state index is 12.5. The lowest BCUT2D eigenvalue weighted by Gasteiger charge is -2.10. The van der Waals surface area contributed by atoms with Gasteiger partial charge in [-0.15, -0.1) is 0 Å². The smallest absolute Gasteiger partial charge is 0.257 e. The van der Waals surface area contributed by atoms with Gasteiger partial charge in [0.15, 0.2) is 5.78 Å². The fourth-order valence-corrected chi connectivity index (χ4v) is 2.64. The van der Waals surface area contributed by atoms with Crippen LogP contribution >= 0.6 is 11.6 Å². The van der Waals surface area contributed by atoms with Crippen molar-refractivity contribution in [2.24, 2.45) is 0 Å². The lowest BCUT2D eigenvalue weighted by Crippen LogP contribution is -2.12. The Labute approximate surface area is 162 Å². The summed E-state index contributed by atoms with van der Waals surface area (Å²) in [5.74, 6) is -0.268. The number of nitrogens with one attached hydrogen (secondary N) is 2. The third-order valence-corrected chi connectivity index (χ3v) is 4.42. The van der Waals surface area contributed by atoms with Crippen LogP contribution in [0, 0.1) is 6.92 Å². The fourth-order valence-electron chi connectivity index (χ4n) is 2.46.